The van der Waals surface area contributed by atoms with Gasteiger partial charge in [0.25, 0.3) is 15.9 Å². The predicted octanol–water partition coefficient (Wildman–Crippen LogP) is 5.27. The second kappa shape index (κ2) is 9.12. The normalized spacial score (nSPS) is 12.3. The summed E-state index contributed by atoms with van der Waals surface area (Å²) in [6.07, 6.45) is 0. The van der Waals surface area contributed by atoms with Crippen LogP contribution in [0.1, 0.15) is 40.0 Å². The van der Waals surface area contributed by atoms with E-state index in [1.807, 2.05) is 32.9 Å². The van der Waals surface area contributed by atoms with Gasteiger partial charge in [0, 0.05) is 17.6 Å². The molecular formula is C24H25ClN2O3S. The van der Waals surface area contributed by atoms with Gasteiger partial charge in [-0.05, 0) is 80.4 Å². The van der Waals surface area contributed by atoms with E-state index in [9.17, 15) is 13.2 Å². The molecule has 0 heterocycles. The van der Waals surface area contributed by atoms with Gasteiger partial charge in [0.2, 0.25) is 0 Å². The van der Waals surface area contributed by atoms with E-state index >= 15 is 0 Å². The molecule has 0 saturated carbocycles. The van der Waals surface area contributed by atoms with Gasteiger partial charge in [-0.25, -0.2) is 8.42 Å². The van der Waals surface area contributed by atoms with E-state index in [0.717, 1.165) is 16.7 Å². The molecule has 3 aromatic carbocycles. The Morgan fingerprint density at radius 2 is 1.58 bits per heavy atom. The van der Waals surface area contributed by atoms with Gasteiger partial charge in [0.05, 0.1) is 16.6 Å². The number of aryl methyl sites for hydroxylation is 2. The van der Waals surface area contributed by atoms with Crippen molar-refractivity contribution in [2.75, 3.05) is 11.4 Å². The Hall–Kier alpha value is -2.83. The highest BCUT2D eigenvalue weighted by atomic mass is 35.5. The minimum Gasteiger partial charge on any atom is -0.346 e. The zero-order valence-electron chi connectivity index (χ0n) is 17.9. The third-order valence-corrected chi connectivity index (χ3v) is 7.27. The van der Waals surface area contributed by atoms with Crippen LogP contribution in [0.5, 0.6) is 0 Å². The van der Waals surface area contributed by atoms with E-state index in [2.05, 4.69) is 11.4 Å². The van der Waals surface area contributed by atoms with Crippen LogP contribution in [0.2, 0.25) is 5.02 Å². The molecule has 31 heavy (non-hydrogen) atoms. The maximum Gasteiger partial charge on any atom is 0.264 e. The lowest BCUT2D eigenvalue weighted by atomic mass is 9.99. The minimum atomic E-state index is -3.73. The Morgan fingerprint density at radius 1 is 0.968 bits per heavy atom. The highest BCUT2D eigenvalue weighted by Crippen LogP contribution is 2.24. The molecule has 162 valence electrons. The van der Waals surface area contributed by atoms with Crippen molar-refractivity contribution < 1.29 is 13.2 Å². The van der Waals surface area contributed by atoms with Crippen LogP contribution < -0.4 is 9.62 Å². The maximum absolute atomic E-state index is 12.8. The molecule has 0 radical (unpaired) electrons. The van der Waals surface area contributed by atoms with E-state index in [1.54, 1.807) is 24.3 Å². The second-order valence-electron chi connectivity index (χ2n) is 7.53. The average Bonchev–Trinajstić information content (AvgIpc) is 2.75. The van der Waals surface area contributed by atoms with Crippen molar-refractivity contribution in [1.82, 2.24) is 5.32 Å². The molecule has 0 aliphatic carbocycles. The molecule has 0 bridgehead atoms. The SMILES string of the molecule is Cc1ccc(C)c(C(C)NC(=O)c2ccc(N(C)S(=O)(=O)c3ccc(Cl)cc3)cc2)c1. The van der Waals surface area contributed by atoms with Crippen molar-refractivity contribution >= 4 is 33.2 Å². The zero-order valence-corrected chi connectivity index (χ0v) is 19.5. The Balaban J connectivity index is 1.75. The fourth-order valence-corrected chi connectivity index (χ4v) is 4.63. The van der Waals surface area contributed by atoms with Crippen LogP contribution >= 0.6 is 11.6 Å². The first kappa shape index (κ1) is 22.8. The number of carbonyl (C=O) groups is 1. The molecular weight excluding hydrogens is 432 g/mol. The number of hydrogen-bond acceptors (Lipinski definition) is 3. The molecule has 7 heteroatoms. The van der Waals surface area contributed by atoms with Crippen LogP contribution in [-0.2, 0) is 10.0 Å². The van der Waals surface area contributed by atoms with Gasteiger partial charge in [0.1, 0.15) is 0 Å². The quantitative estimate of drug-likeness (QED) is 0.549. The summed E-state index contributed by atoms with van der Waals surface area (Å²) >= 11 is 5.85. The predicted molar refractivity (Wildman–Crippen MR) is 125 cm³/mol. The van der Waals surface area contributed by atoms with E-state index in [4.69, 9.17) is 11.6 Å². The van der Waals surface area contributed by atoms with E-state index in [1.165, 1.54) is 35.6 Å². The average molecular weight is 457 g/mol. The Morgan fingerprint density at radius 3 is 2.19 bits per heavy atom. The van der Waals surface area contributed by atoms with Crippen molar-refractivity contribution in [2.45, 2.75) is 31.7 Å². The number of hydrogen-bond donors (Lipinski definition) is 1. The number of halogens is 1. The van der Waals surface area contributed by atoms with Crippen LogP contribution in [0.15, 0.2) is 71.6 Å². The summed E-state index contributed by atoms with van der Waals surface area (Å²) in [5, 5.41) is 3.47. The number of amides is 1. The molecule has 3 aromatic rings. The fraction of sp³-hybridized carbons (Fsp3) is 0.208. The smallest absolute Gasteiger partial charge is 0.264 e. The second-order valence-corrected chi connectivity index (χ2v) is 9.93. The first-order valence-corrected chi connectivity index (χ1v) is 11.6. The topological polar surface area (TPSA) is 66.5 Å². The van der Waals surface area contributed by atoms with Crippen molar-refractivity contribution in [3.8, 4) is 0 Å². The highest BCUT2D eigenvalue weighted by Gasteiger charge is 2.21. The van der Waals surface area contributed by atoms with Crippen molar-refractivity contribution in [3.63, 3.8) is 0 Å². The Bertz CT molecular complexity index is 1190. The molecule has 0 saturated heterocycles. The summed E-state index contributed by atoms with van der Waals surface area (Å²) in [5.41, 5.74) is 4.23. The number of nitrogens with one attached hydrogen (secondary N) is 1. The Kier molecular flexibility index (Phi) is 6.72. The molecule has 1 amide bonds. The zero-order chi connectivity index (χ0) is 22.8. The molecule has 1 atom stereocenters. The molecule has 0 aliphatic rings. The van der Waals surface area contributed by atoms with Crippen LogP contribution in [0.25, 0.3) is 0 Å². The molecule has 3 rings (SSSR count). The third kappa shape index (κ3) is 5.09. The molecule has 1 N–H and O–H groups in total. The molecule has 0 aliphatic heterocycles. The van der Waals surface area contributed by atoms with Crippen LogP contribution in [0, 0.1) is 13.8 Å². The van der Waals surface area contributed by atoms with Gasteiger partial charge >= 0.3 is 0 Å². The van der Waals surface area contributed by atoms with Gasteiger partial charge in [-0.3, -0.25) is 9.10 Å². The lowest BCUT2D eigenvalue weighted by Crippen LogP contribution is -2.28. The van der Waals surface area contributed by atoms with Gasteiger partial charge in [-0.15, -0.1) is 0 Å². The summed E-state index contributed by atoms with van der Waals surface area (Å²) in [5.74, 6) is -0.219. The molecule has 0 fully saturated rings. The van der Waals surface area contributed by atoms with Gasteiger partial charge in [0.15, 0.2) is 0 Å². The summed E-state index contributed by atoms with van der Waals surface area (Å²) in [6, 6.07) is 18.5. The first-order chi connectivity index (χ1) is 14.6. The Labute approximate surface area is 188 Å². The van der Waals surface area contributed by atoms with Crippen LogP contribution in [0.3, 0.4) is 0 Å². The number of carbonyl (C=O) groups excluding carboxylic acids is 1. The van der Waals surface area contributed by atoms with Crippen molar-refractivity contribution in [2.24, 2.45) is 0 Å². The molecule has 5 nitrogen and oxygen atoms in total. The lowest BCUT2D eigenvalue weighted by molar-refractivity contribution is 0.0940. The standard InChI is InChI=1S/C24H25ClN2O3S/c1-16-5-6-17(2)23(15-16)18(3)26-24(28)19-7-11-21(12-8-19)27(4)31(29,30)22-13-9-20(25)10-14-22/h5-15,18H,1-4H3,(H,26,28). The maximum atomic E-state index is 12.8. The fourth-order valence-electron chi connectivity index (χ4n) is 3.31. The molecule has 0 spiro atoms. The van der Waals surface area contributed by atoms with Crippen molar-refractivity contribution in [3.05, 3.63) is 94.0 Å². The number of anilines is 1. The van der Waals surface area contributed by atoms with Gasteiger partial charge in [-0.2, -0.15) is 0 Å². The van der Waals surface area contributed by atoms with E-state index < -0.39 is 10.0 Å². The van der Waals surface area contributed by atoms with Gasteiger partial charge in [-0.1, -0.05) is 35.4 Å². The van der Waals surface area contributed by atoms with Crippen molar-refractivity contribution in [1.29, 1.82) is 0 Å². The van der Waals surface area contributed by atoms with Crippen LogP contribution in [0.4, 0.5) is 5.69 Å². The summed E-state index contributed by atoms with van der Waals surface area (Å²) in [7, 11) is -2.26. The van der Waals surface area contributed by atoms with E-state index in [0.29, 0.717) is 16.3 Å². The summed E-state index contributed by atoms with van der Waals surface area (Å²) in [6.45, 7) is 5.98. The number of rotatable bonds is 6. The first-order valence-electron chi connectivity index (χ1n) is 9.82. The number of nitrogens with zero attached hydrogens (tertiary/aromatic N) is 1. The monoisotopic (exact) mass is 456 g/mol. The summed E-state index contributed by atoms with van der Waals surface area (Å²) < 4.78 is 26.8. The number of benzene rings is 3. The van der Waals surface area contributed by atoms with E-state index in [-0.39, 0.29) is 16.8 Å². The summed E-state index contributed by atoms with van der Waals surface area (Å²) in [4.78, 5) is 12.8. The van der Waals surface area contributed by atoms with Crippen LogP contribution in [-0.4, -0.2) is 21.4 Å². The lowest BCUT2D eigenvalue weighted by Gasteiger charge is -2.20. The largest absolute Gasteiger partial charge is 0.346 e. The minimum absolute atomic E-state index is 0.142. The third-order valence-electron chi connectivity index (χ3n) is 5.21. The molecule has 1 unspecified atom stereocenters. The van der Waals surface area contributed by atoms with Gasteiger partial charge < -0.3 is 5.32 Å². The molecule has 0 aromatic heterocycles. The number of sulfonamides is 1. The highest BCUT2D eigenvalue weighted by molar-refractivity contribution is 7.92.